The molecule has 0 aliphatic carbocycles. The first-order chi connectivity index (χ1) is 12.6. The molecule has 0 aliphatic rings. The second-order valence-corrected chi connectivity index (χ2v) is 6.71. The fraction of sp³-hybridized carbons (Fsp3) is 0.381. The van der Waals surface area contributed by atoms with Crippen molar-refractivity contribution in [1.29, 1.82) is 0 Å². The number of carbonyl (C=O) groups is 3. The van der Waals surface area contributed by atoms with Gasteiger partial charge in [-0.1, -0.05) is 6.07 Å². The normalized spacial score (nSPS) is 11.8. The number of esters is 1. The zero-order chi connectivity index (χ0) is 20.3. The molecule has 1 N–H and O–H groups in total. The molecule has 0 radical (unpaired) electrons. The molecular formula is C21H25NO5. The number of ketones is 2. The van der Waals surface area contributed by atoms with Gasteiger partial charge in [-0.25, -0.2) is 4.79 Å². The van der Waals surface area contributed by atoms with Gasteiger partial charge in [0.25, 0.3) is 0 Å². The molecule has 144 valence electrons. The number of H-pyrrole nitrogens is 1. The van der Waals surface area contributed by atoms with Crippen LogP contribution < -0.4 is 4.74 Å². The summed E-state index contributed by atoms with van der Waals surface area (Å²) in [6.07, 6.45) is -0.989. The number of aromatic nitrogens is 1. The highest BCUT2D eigenvalue weighted by Crippen LogP contribution is 2.21. The Morgan fingerprint density at radius 2 is 1.74 bits per heavy atom. The number of benzene rings is 1. The summed E-state index contributed by atoms with van der Waals surface area (Å²) in [5, 5.41) is 0. The SMILES string of the molecule is CC(=O)c1c(C)[nH]c(C(=O)[C@@H](C)OC(=O)COc2ccc(C)c(C)c2)c1C. The van der Waals surface area contributed by atoms with E-state index in [0.29, 0.717) is 22.6 Å². The molecule has 0 amide bonds. The number of hydrogen-bond acceptors (Lipinski definition) is 5. The van der Waals surface area contributed by atoms with Crippen LogP contribution in [0, 0.1) is 27.7 Å². The van der Waals surface area contributed by atoms with Crippen LogP contribution in [-0.4, -0.2) is 35.2 Å². The molecule has 0 aliphatic heterocycles. The third-order valence-corrected chi connectivity index (χ3v) is 4.55. The molecule has 0 saturated heterocycles. The van der Waals surface area contributed by atoms with Gasteiger partial charge >= 0.3 is 5.97 Å². The largest absolute Gasteiger partial charge is 0.482 e. The smallest absolute Gasteiger partial charge is 0.344 e. The van der Waals surface area contributed by atoms with Crippen molar-refractivity contribution in [3.05, 3.63) is 51.8 Å². The van der Waals surface area contributed by atoms with Crippen LogP contribution in [0.5, 0.6) is 5.75 Å². The lowest BCUT2D eigenvalue weighted by Crippen LogP contribution is -2.28. The van der Waals surface area contributed by atoms with E-state index in [1.165, 1.54) is 13.8 Å². The van der Waals surface area contributed by atoms with E-state index in [0.717, 1.165) is 11.1 Å². The first-order valence-electron chi connectivity index (χ1n) is 8.75. The Balaban J connectivity index is 1.99. The predicted molar refractivity (Wildman–Crippen MR) is 102 cm³/mol. The number of carbonyl (C=O) groups excluding carboxylic acids is 3. The van der Waals surface area contributed by atoms with E-state index in [9.17, 15) is 14.4 Å². The lowest BCUT2D eigenvalue weighted by molar-refractivity contribution is -0.148. The first-order valence-corrected chi connectivity index (χ1v) is 8.75. The number of aryl methyl sites for hydroxylation is 3. The van der Waals surface area contributed by atoms with E-state index in [-0.39, 0.29) is 23.9 Å². The van der Waals surface area contributed by atoms with Gasteiger partial charge in [0.05, 0.1) is 5.69 Å². The summed E-state index contributed by atoms with van der Waals surface area (Å²) in [4.78, 5) is 39.2. The molecule has 2 aromatic rings. The Hall–Kier alpha value is -2.89. The van der Waals surface area contributed by atoms with Crippen LogP contribution in [0.25, 0.3) is 0 Å². The Morgan fingerprint density at radius 1 is 1.07 bits per heavy atom. The Labute approximate surface area is 158 Å². The van der Waals surface area contributed by atoms with E-state index in [2.05, 4.69) is 4.98 Å². The van der Waals surface area contributed by atoms with Crippen molar-refractivity contribution < 1.29 is 23.9 Å². The molecule has 1 aromatic heterocycles. The van der Waals surface area contributed by atoms with E-state index < -0.39 is 12.1 Å². The Kier molecular flexibility index (Phi) is 6.20. The topological polar surface area (TPSA) is 85.5 Å². The average molecular weight is 371 g/mol. The molecule has 1 atom stereocenters. The second-order valence-electron chi connectivity index (χ2n) is 6.71. The molecule has 27 heavy (non-hydrogen) atoms. The predicted octanol–water partition coefficient (Wildman–Crippen LogP) is 3.64. The second kappa shape index (κ2) is 8.20. The summed E-state index contributed by atoms with van der Waals surface area (Å²) in [5.74, 6) is -0.577. The van der Waals surface area contributed by atoms with Gasteiger partial charge in [-0.3, -0.25) is 9.59 Å². The minimum Gasteiger partial charge on any atom is -0.482 e. The maximum Gasteiger partial charge on any atom is 0.344 e. The average Bonchev–Trinajstić information content (AvgIpc) is 2.89. The van der Waals surface area contributed by atoms with E-state index >= 15 is 0 Å². The maximum absolute atomic E-state index is 12.6. The van der Waals surface area contributed by atoms with Gasteiger partial charge in [0.15, 0.2) is 18.5 Å². The number of aromatic amines is 1. The first kappa shape index (κ1) is 20.4. The summed E-state index contributed by atoms with van der Waals surface area (Å²) in [7, 11) is 0. The van der Waals surface area contributed by atoms with Crippen LogP contribution in [0.15, 0.2) is 18.2 Å². The Morgan fingerprint density at radius 3 is 2.30 bits per heavy atom. The zero-order valence-corrected chi connectivity index (χ0v) is 16.6. The van der Waals surface area contributed by atoms with Gasteiger partial charge in [-0.05, 0) is 70.4 Å². The van der Waals surface area contributed by atoms with E-state index in [1.54, 1.807) is 19.9 Å². The molecule has 1 aromatic carbocycles. The molecule has 0 bridgehead atoms. The van der Waals surface area contributed by atoms with Crippen LogP contribution in [-0.2, 0) is 9.53 Å². The number of nitrogens with one attached hydrogen (secondary N) is 1. The number of rotatable bonds is 7. The Bertz CT molecular complexity index is 894. The number of ether oxygens (including phenoxy) is 2. The van der Waals surface area contributed by atoms with Gasteiger partial charge in [0.2, 0.25) is 5.78 Å². The van der Waals surface area contributed by atoms with Crippen molar-refractivity contribution >= 4 is 17.5 Å². The van der Waals surface area contributed by atoms with Gasteiger partial charge in [-0.2, -0.15) is 0 Å². The van der Waals surface area contributed by atoms with Gasteiger partial charge < -0.3 is 14.5 Å². The lowest BCUT2D eigenvalue weighted by atomic mass is 10.0. The zero-order valence-electron chi connectivity index (χ0n) is 16.6. The highest BCUT2D eigenvalue weighted by Gasteiger charge is 2.26. The van der Waals surface area contributed by atoms with Gasteiger partial charge in [-0.15, -0.1) is 0 Å². The summed E-state index contributed by atoms with van der Waals surface area (Å²) in [6, 6.07) is 5.52. The van der Waals surface area contributed by atoms with Gasteiger partial charge in [0.1, 0.15) is 5.75 Å². The molecule has 1 heterocycles. The van der Waals surface area contributed by atoms with Crippen LogP contribution in [0.2, 0.25) is 0 Å². The lowest BCUT2D eigenvalue weighted by Gasteiger charge is -2.13. The minimum atomic E-state index is -0.989. The molecule has 6 heteroatoms. The van der Waals surface area contributed by atoms with Gasteiger partial charge in [0, 0.05) is 11.3 Å². The van der Waals surface area contributed by atoms with Crippen molar-refractivity contribution in [2.24, 2.45) is 0 Å². The van der Waals surface area contributed by atoms with Crippen LogP contribution >= 0.6 is 0 Å². The monoisotopic (exact) mass is 371 g/mol. The molecule has 6 nitrogen and oxygen atoms in total. The fourth-order valence-electron chi connectivity index (χ4n) is 2.96. The molecular weight excluding hydrogens is 346 g/mol. The summed E-state index contributed by atoms with van der Waals surface area (Å²) >= 11 is 0. The number of Topliss-reactive ketones (excluding diaryl/α,β-unsaturated/α-hetero) is 2. The third-order valence-electron chi connectivity index (χ3n) is 4.55. The molecule has 0 spiro atoms. The van der Waals surface area contributed by atoms with E-state index in [4.69, 9.17) is 9.47 Å². The van der Waals surface area contributed by atoms with Crippen molar-refractivity contribution in [2.45, 2.75) is 47.6 Å². The third kappa shape index (κ3) is 4.64. The maximum atomic E-state index is 12.6. The van der Waals surface area contributed by atoms with Crippen molar-refractivity contribution in [2.75, 3.05) is 6.61 Å². The highest BCUT2D eigenvalue weighted by molar-refractivity contribution is 6.05. The minimum absolute atomic E-state index is 0.119. The molecule has 0 saturated carbocycles. The summed E-state index contributed by atoms with van der Waals surface area (Å²) < 4.78 is 10.6. The van der Waals surface area contributed by atoms with Crippen LogP contribution in [0.4, 0.5) is 0 Å². The van der Waals surface area contributed by atoms with Crippen molar-refractivity contribution in [3.8, 4) is 5.75 Å². The van der Waals surface area contributed by atoms with E-state index in [1.807, 2.05) is 26.0 Å². The van der Waals surface area contributed by atoms with Crippen LogP contribution in [0.1, 0.15) is 57.1 Å². The van der Waals surface area contributed by atoms with Crippen molar-refractivity contribution in [3.63, 3.8) is 0 Å². The molecule has 0 unspecified atom stereocenters. The standard InChI is InChI=1S/C21H25NO5/c1-11-7-8-17(9-12(11)2)26-10-18(24)27-16(6)21(25)20-13(3)19(15(5)23)14(4)22-20/h7-9,16,22H,10H2,1-6H3/t16-/m1/s1. The summed E-state index contributed by atoms with van der Waals surface area (Å²) in [5.41, 5.74) is 4.16. The fourth-order valence-corrected chi connectivity index (χ4v) is 2.96. The number of hydrogen-bond donors (Lipinski definition) is 1. The highest BCUT2D eigenvalue weighted by atomic mass is 16.6. The molecule has 0 fully saturated rings. The molecule has 2 rings (SSSR count). The summed E-state index contributed by atoms with van der Waals surface area (Å²) in [6.45, 7) is 10.0. The van der Waals surface area contributed by atoms with Crippen LogP contribution in [0.3, 0.4) is 0 Å². The quantitative estimate of drug-likeness (QED) is 0.593. The van der Waals surface area contributed by atoms with Crippen molar-refractivity contribution in [1.82, 2.24) is 4.98 Å².